The van der Waals surface area contributed by atoms with Gasteiger partial charge >= 0.3 is 5.97 Å². The minimum Gasteiger partial charge on any atom is -0.478 e. The zero-order chi connectivity index (χ0) is 9.40. The van der Waals surface area contributed by atoms with Crippen molar-refractivity contribution in [3.8, 4) is 0 Å². The van der Waals surface area contributed by atoms with Crippen molar-refractivity contribution in [2.75, 3.05) is 18.1 Å². The Labute approximate surface area is 76.5 Å². The summed E-state index contributed by atoms with van der Waals surface area (Å²) in [6.45, 7) is 3.60. The number of carboxylic acids is 1. The first-order chi connectivity index (χ1) is 5.68. The van der Waals surface area contributed by atoms with Crippen molar-refractivity contribution in [1.29, 1.82) is 0 Å². The second kappa shape index (κ2) is 7.18. The van der Waals surface area contributed by atoms with Gasteiger partial charge in [-0.1, -0.05) is 6.58 Å². The maximum Gasteiger partial charge on any atom is 0.330 e. The van der Waals surface area contributed by atoms with Crippen LogP contribution in [-0.4, -0.2) is 34.3 Å². The van der Waals surface area contributed by atoms with E-state index in [1.54, 1.807) is 11.8 Å². The van der Waals surface area contributed by atoms with E-state index in [-0.39, 0.29) is 12.2 Å². The largest absolute Gasteiger partial charge is 0.478 e. The monoisotopic (exact) mass is 190 g/mol. The molecule has 0 aromatic carbocycles. The van der Waals surface area contributed by atoms with Crippen LogP contribution in [0, 0.1) is 0 Å². The summed E-state index contributed by atoms with van der Waals surface area (Å²) in [6.07, 6.45) is 1.35. The molecule has 12 heavy (non-hydrogen) atoms. The number of carbonyl (C=O) groups is 1. The van der Waals surface area contributed by atoms with Crippen LogP contribution >= 0.6 is 11.8 Å². The minimum absolute atomic E-state index is 0.185. The Morgan fingerprint density at radius 3 is 2.58 bits per heavy atom. The molecule has 0 amide bonds. The molecule has 4 heteroatoms. The number of rotatable bonds is 7. The Kier molecular flexibility index (Phi) is 6.90. The molecule has 0 rings (SSSR count). The SMILES string of the molecule is C=C(CCCSCCO)C(=O)O. The Morgan fingerprint density at radius 1 is 1.42 bits per heavy atom. The summed E-state index contributed by atoms with van der Waals surface area (Å²) in [5.41, 5.74) is 0.264. The maximum atomic E-state index is 10.3. The normalized spacial score (nSPS) is 9.75. The van der Waals surface area contributed by atoms with Gasteiger partial charge < -0.3 is 10.2 Å². The van der Waals surface area contributed by atoms with Gasteiger partial charge in [0.05, 0.1) is 6.61 Å². The fourth-order valence-corrected chi connectivity index (χ4v) is 1.34. The summed E-state index contributed by atoms with van der Waals surface area (Å²) in [7, 11) is 0. The second-order valence-corrected chi connectivity index (χ2v) is 3.57. The predicted molar refractivity (Wildman–Crippen MR) is 50.4 cm³/mol. The molecule has 0 atom stereocenters. The number of aliphatic hydroxyl groups excluding tert-OH is 1. The van der Waals surface area contributed by atoms with E-state index in [1.165, 1.54) is 0 Å². The quantitative estimate of drug-likeness (QED) is 0.467. The Bertz CT molecular complexity index is 156. The first kappa shape index (κ1) is 11.5. The highest BCUT2D eigenvalue weighted by Crippen LogP contribution is 2.08. The van der Waals surface area contributed by atoms with Crippen molar-refractivity contribution in [3.63, 3.8) is 0 Å². The van der Waals surface area contributed by atoms with E-state index in [4.69, 9.17) is 10.2 Å². The summed E-state index contributed by atoms with van der Waals surface area (Å²) in [6, 6.07) is 0. The lowest BCUT2D eigenvalue weighted by atomic mass is 10.2. The van der Waals surface area contributed by atoms with Gasteiger partial charge in [0.25, 0.3) is 0 Å². The molecular formula is C8H14O3S. The van der Waals surface area contributed by atoms with E-state index in [0.717, 1.165) is 17.9 Å². The fraction of sp³-hybridized carbons (Fsp3) is 0.625. The van der Waals surface area contributed by atoms with Crippen LogP contribution < -0.4 is 0 Å². The minimum atomic E-state index is -0.915. The van der Waals surface area contributed by atoms with Gasteiger partial charge in [0.2, 0.25) is 0 Å². The van der Waals surface area contributed by atoms with Gasteiger partial charge in [0, 0.05) is 11.3 Å². The second-order valence-electron chi connectivity index (χ2n) is 2.35. The van der Waals surface area contributed by atoms with Crippen LogP contribution in [0.5, 0.6) is 0 Å². The lowest BCUT2D eigenvalue weighted by Gasteiger charge is -1.99. The predicted octanol–water partition coefficient (Wildman–Crippen LogP) is 1.13. The molecule has 0 aliphatic carbocycles. The third kappa shape index (κ3) is 6.24. The summed E-state index contributed by atoms with van der Waals surface area (Å²) >= 11 is 1.62. The van der Waals surface area contributed by atoms with Gasteiger partial charge in [-0.25, -0.2) is 4.79 Å². The molecule has 0 fully saturated rings. The molecule has 0 spiro atoms. The fourth-order valence-electron chi connectivity index (χ4n) is 0.661. The summed E-state index contributed by atoms with van der Waals surface area (Å²) < 4.78 is 0. The molecule has 2 N–H and O–H groups in total. The van der Waals surface area contributed by atoms with Gasteiger partial charge in [-0.3, -0.25) is 0 Å². The maximum absolute atomic E-state index is 10.3. The van der Waals surface area contributed by atoms with Gasteiger partial charge in [-0.2, -0.15) is 11.8 Å². The van der Waals surface area contributed by atoms with E-state index in [1.807, 2.05) is 0 Å². The number of hydrogen-bond acceptors (Lipinski definition) is 3. The molecule has 0 unspecified atom stereocenters. The van der Waals surface area contributed by atoms with Crippen LogP contribution in [0.25, 0.3) is 0 Å². The molecule has 0 radical (unpaired) electrons. The molecule has 0 aliphatic heterocycles. The van der Waals surface area contributed by atoms with Crippen LogP contribution in [-0.2, 0) is 4.79 Å². The van der Waals surface area contributed by atoms with Crippen LogP contribution in [0.3, 0.4) is 0 Å². The molecule has 0 aromatic rings. The van der Waals surface area contributed by atoms with Crippen molar-refractivity contribution < 1.29 is 15.0 Å². The van der Waals surface area contributed by atoms with Crippen molar-refractivity contribution in [1.82, 2.24) is 0 Å². The van der Waals surface area contributed by atoms with Crippen LogP contribution in [0.1, 0.15) is 12.8 Å². The van der Waals surface area contributed by atoms with Crippen LogP contribution in [0.2, 0.25) is 0 Å². The van der Waals surface area contributed by atoms with E-state index in [9.17, 15) is 4.79 Å². The van der Waals surface area contributed by atoms with Crippen molar-refractivity contribution in [3.05, 3.63) is 12.2 Å². The molecule has 0 aliphatic rings. The molecule has 0 heterocycles. The third-order valence-electron chi connectivity index (χ3n) is 1.31. The molecule has 0 aromatic heterocycles. The first-order valence-corrected chi connectivity index (χ1v) is 4.93. The molecule has 70 valence electrons. The number of carboxylic acid groups (broad SMARTS) is 1. The number of hydrogen-bond donors (Lipinski definition) is 2. The molecule has 0 saturated carbocycles. The molecule has 3 nitrogen and oxygen atoms in total. The highest BCUT2D eigenvalue weighted by Gasteiger charge is 2.02. The smallest absolute Gasteiger partial charge is 0.330 e. The van der Waals surface area contributed by atoms with Crippen molar-refractivity contribution in [2.45, 2.75) is 12.8 Å². The Balaban J connectivity index is 3.20. The third-order valence-corrected chi connectivity index (χ3v) is 2.35. The zero-order valence-corrected chi connectivity index (χ0v) is 7.77. The van der Waals surface area contributed by atoms with Crippen molar-refractivity contribution >= 4 is 17.7 Å². The molecule has 0 saturated heterocycles. The molecular weight excluding hydrogens is 176 g/mol. The summed E-state index contributed by atoms with van der Waals surface area (Å²) in [4.78, 5) is 10.3. The average Bonchev–Trinajstić information content (AvgIpc) is 2.03. The Morgan fingerprint density at radius 2 is 2.08 bits per heavy atom. The van der Waals surface area contributed by atoms with Crippen LogP contribution in [0.15, 0.2) is 12.2 Å². The van der Waals surface area contributed by atoms with E-state index in [0.29, 0.717) is 6.42 Å². The van der Waals surface area contributed by atoms with Gasteiger partial charge in [-0.15, -0.1) is 0 Å². The average molecular weight is 190 g/mol. The van der Waals surface area contributed by atoms with Crippen molar-refractivity contribution in [2.24, 2.45) is 0 Å². The zero-order valence-electron chi connectivity index (χ0n) is 6.95. The van der Waals surface area contributed by atoms with Gasteiger partial charge in [0.1, 0.15) is 0 Å². The number of aliphatic hydroxyl groups is 1. The van der Waals surface area contributed by atoms with E-state index >= 15 is 0 Å². The topological polar surface area (TPSA) is 57.5 Å². The lowest BCUT2D eigenvalue weighted by molar-refractivity contribution is -0.132. The number of aliphatic carboxylic acids is 1. The van der Waals surface area contributed by atoms with E-state index in [2.05, 4.69) is 6.58 Å². The lowest BCUT2D eigenvalue weighted by Crippen LogP contribution is -1.99. The van der Waals surface area contributed by atoms with Gasteiger partial charge in [0.15, 0.2) is 0 Å². The highest BCUT2D eigenvalue weighted by molar-refractivity contribution is 7.99. The van der Waals surface area contributed by atoms with Gasteiger partial charge in [-0.05, 0) is 18.6 Å². The molecule has 0 bridgehead atoms. The standard InChI is InChI=1S/C8H14O3S/c1-7(8(10)11)3-2-5-12-6-4-9/h9H,1-6H2,(H,10,11). The Hall–Kier alpha value is -0.480. The van der Waals surface area contributed by atoms with E-state index < -0.39 is 5.97 Å². The first-order valence-electron chi connectivity index (χ1n) is 3.78. The summed E-state index contributed by atoms with van der Waals surface area (Å²) in [5.74, 6) is 0.689. The highest BCUT2D eigenvalue weighted by atomic mass is 32.2. The number of thioether (sulfide) groups is 1. The summed E-state index contributed by atoms with van der Waals surface area (Å²) in [5, 5.41) is 16.9. The van der Waals surface area contributed by atoms with Crippen LogP contribution in [0.4, 0.5) is 0 Å².